The molecule has 3 rings (SSSR count). The fourth-order valence-electron chi connectivity index (χ4n) is 2.70. The van der Waals surface area contributed by atoms with E-state index in [9.17, 15) is 20.1 Å². The first kappa shape index (κ1) is 16.9. The van der Waals surface area contributed by atoms with Crippen molar-refractivity contribution in [2.45, 2.75) is 13.3 Å². The van der Waals surface area contributed by atoms with E-state index in [1.807, 2.05) is 6.92 Å². The Kier molecular flexibility index (Phi) is 4.37. The molecule has 1 aromatic heterocycles. The van der Waals surface area contributed by atoms with Crippen molar-refractivity contribution in [3.8, 4) is 28.4 Å². The molecule has 0 unspecified atom stereocenters. The minimum absolute atomic E-state index is 0.0487. The number of carbonyl (C=O) groups is 1. The van der Waals surface area contributed by atoms with Crippen LogP contribution in [-0.4, -0.2) is 31.1 Å². The zero-order chi connectivity index (χ0) is 18.1. The lowest BCUT2D eigenvalue weighted by molar-refractivity contribution is 0.0696. The molecule has 0 amide bonds. The maximum absolute atomic E-state index is 11.8. The number of carboxylic acids is 1. The molecule has 3 N–H and O–H groups in total. The lowest BCUT2D eigenvalue weighted by Gasteiger charge is -2.06. The summed E-state index contributed by atoms with van der Waals surface area (Å²) in [7, 11) is 0. The fraction of sp³-hybridized carbons (Fsp3) is 0.111. The third kappa shape index (κ3) is 3.04. The standard InChI is InChI=1S/C18H15ClN2O4/c1-2-13-16(18(24)25)17(10-6-7-14(22)15(23)8-10)20-21(13)12-5-3-4-11(19)9-12/h3-9,22-23H,2H2,1H3,(H,24,25). The molecule has 2 aromatic carbocycles. The highest BCUT2D eigenvalue weighted by atomic mass is 35.5. The summed E-state index contributed by atoms with van der Waals surface area (Å²) in [5.41, 5.74) is 1.80. The van der Waals surface area contributed by atoms with Crippen LogP contribution in [0.1, 0.15) is 23.0 Å². The van der Waals surface area contributed by atoms with Crippen LogP contribution >= 0.6 is 11.6 Å². The molecule has 6 nitrogen and oxygen atoms in total. The number of benzene rings is 2. The van der Waals surface area contributed by atoms with Crippen molar-refractivity contribution in [1.82, 2.24) is 9.78 Å². The smallest absolute Gasteiger partial charge is 0.339 e. The van der Waals surface area contributed by atoms with Gasteiger partial charge in [0.1, 0.15) is 11.3 Å². The summed E-state index contributed by atoms with van der Waals surface area (Å²) in [4.78, 5) is 11.8. The zero-order valence-electron chi connectivity index (χ0n) is 13.3. The highest BCUT2D eigenvalue weighted by molar-refractivity contribution is 6.30. The maximum atomic E-state index is 11.8. The number of hydrogen-bond donors (Lipinski definition) is 3. The molecule has 0 saturated heterocycles. The van der Waals surface area contributed by atoms with E-state index in [0.717, 1.165) is 0 Å². The molecule has 0 saturated carbocycles. The first-order valence-corrected chi connectivity index (χ1v) is 7.93. The van der Waals surface area contributed by atoms with Crippen molar-refractivity contribution >= 4 is 17.6 Å². The number of aromatic carboxylic acids is 1. The van der Waals surface area contributed by atoms with Crippen LogP contribution in [0, 0.1) is 0 Å². The average molecular weight is 359 g/mol. The first-order valence-electron chi connectivity index (χ1n) is 7.55. The number of aromatic nitrogens is 2. The molecular formula is C18H15ClN2O4. The summed E-state index contributed by atoms with van der Waals surface area (Å²) < 4.78 is 1.54. The Morgan fingerprint density at radius 2 is 1.92 bits per heavy atom. The van der Waals surface area contributed by atoms with Crippen LogP contribution < -0.4 is 0 Å². The fourth-order valence-corrected chi connectivity index (χ4v) is 2.88. The molecule has 0 fully saturated rings. The van der Waals surface area contributed by atoms with Gasteiger partial charge in [0.25, 0.3) is 0 Å². The topological polar surface area (TPSA) is 95.6 Å². The number of halogens is 1. The minimum Gasteiger partial charge on any atom is -0.504 e. The Bertz CT molecular complexity index is 966. The second-order valence-electron chi connectivity index (χ2n) is 5.42. The Morgan fingerprint density at radius 3 is 2.52 bits per heavy atom. The highest BCUT2D eigenvalue weighted by Gasteiger charge is 2.24. The maximum Gasteiger partial charge on any atom is 0.339 e. The van der Waals surface area contributed by atoms with E-state index in [-0.39, 0.29) is 22.8 Å². The average Bonchev–Trinajstić information content (AvgIpc) is 2.97. The van der Waals surface area contributed by atoms with Gasteiger partial charge >= 0.3 is 5.97 Å². The van der Waals surface area contributed by atoms with Crippen molar-refractivity contribution in [2.24, 2.45) is 0 Å². The summed E-state index contributed by atoms with van der Waals surface area (Å²) >= 11 is 6.04. The molecule has 0 aliphatic carbocycles. The van der Waals surface area contributed by atoms with Gasteiger partial charge < -0.3 is 15.3 Å². The Morgan fingerprint density at radius 1 is 1.16 bits per heavy atom. The van der Waals surface area contributed by atoms with Crippen LogP contribution in [0.25, 0.3) is 16.9 Å². The number of phenols is 2. The van der Waals surface area contributed by atoms with Crippen LogP contribution in [0.4, 0.5) is 0 Å². The summed E-state index contributed by atoms with van der Waals surface area (Å²) in [6.07, 6.45) is 0.436. The number of hydrogen-bond acceptors (Lipinski definition) is 4. The molecule has 0 radical (unpaired) electrons. The molecular weight excluding hydrogens is 344 g/mol. The quantitative estimate of drug-likeness (QED) is 0.615. The van der Waals surface area contributed by atoms with Crippen LogP contribution in [0.5, 0.6) is 11.5 Å². The summed E-state index contributed by atoms with van der Waals surface area (Å²) in [6, 6.07) is 11.0. The van der Waals surface area contributed by atoms with Gasteiger partial charge in [-0.1, -0.05) is 24.6 Å². The van der Waals surface area contributed by atoms with Crippen molar-refractivity contribution in [3.05, 3.63) is 58.7 Å². The predicted octanol–water partition coefficient (Wildman–Crippen LogP) is 3.86. The summed E-state index contributed by atoms with van der Waals surface area (Å²) in [5, 5.41) is 33.8. The summed E-state index contributed by atoms with van der Waals surface area (Å²) in [5.74, 6) is -1.75. The molecule has 0 bridgehead atoms. The van der Waals surface area contributed by atoms with Gasteiger partial charge in [-0.05, 0) is 42.8 Å². The van der Waals surface area contributed by atoms with Crippen molar-refractivity contribution in [1.29, 1.82) is 0 Å². The molecule has 7 heteroatoms. The van der Waals surface area contributed by atoms with Crippen molar-refractivity contribution in [2.75, 3.05) is 0 Å². The number of carboxylic acid groups (broad SMARTS) is 1. The van der Waals surface area contributed by atoms with E-state index in [1.54, 1.807) is 24.3 Å². The minimum atomic E-state index is -1.12. The Balaban J connectivity index is 2.28. The van der Waals surface area contributed by atoms with Crippen LogP contribution in [0.2, 0.25) is 5.02 Å². The van der Waals surface area contributed by atoms with Gasteiger partial charge in [-0.3, -0.25) is 0 Å². The molecule has 0 atom stereocenters. The molecule has 0 aliphatic heterocycles. The van der Waals surface area contributed by atoms with Crippen molar-refractivity contribution in [3.63, 3.8) is 0 Å². The number of nitrogens with zero attached hydrogens (tertiary/aromatic N) is 2. The normalized spacial score (nSPS) is 10.8. The van der Waals surface area contributed by atoms with Gasteiger partial charge in [-0.25, -0.2) is 9.48 Å². The van der Waals surface area contributed by atoms with Gasteiger partial charge in [-0.15, -0.1) is 0 Å². The Hall–Kier alpha value is -2.99. The second kappa shape index (κ2) is 6.49. The third-order valence-corrected chi connectivity index (χ3v) is 4.07. The monoisotopic (exact) mass is 358 g/mol. The van der Waals surface area contributed by atoms with Crippen LogP contribution in [0.3, 0.4) is 0 Å². The van der Waals surface area contributed by atoms with E-state index in [1.165, 1.54) is 22.9 Å². The van der Waals surface area contributed by atoms with Crippen molar-refractivity contribution < 1.29 is 20.1 Å². The first-order chi connectivity index (χ1) is 11.9. The second-order valence-corrected chi connectivity index (χ2v) is 5.86. The van der Waals surface area contributed by atoms with Gasteiger partial charge in [0.05, 0.1) is 11.4 Å². The lowest BCUT2D eigenvalue weighted by atomic mass is 10.0. The third-order valence-electron chi connectivity index (χ3n) is 3.83. The van der Waals surface area contributed by atoms with Crippen LogP contribution in [-0.2, 0) is 6.42 Å². The van der Waals surface area contributed by atoms with E-state index < -0.39 is 5.97 Å². The van der Waals surface area contributed by atoms with E-state index in [4.69, 9.17) is 11.6 Å². The molecule has 128 valence electrons. The van der Waals surface area contributed by atoms with E-state index in [0.29, 0.717) is 28.4 Å². The number of rotatable bonds is 4. The number of aromatic hydroxyl groups is 2. The molecule has 3 aromatic rings. The predicted molar refractivity (Wildman–Crippen MR) is 93.7 cm³/mol. The number of phenolic OH excluding ortho intramolecular Hbond substituents is 2. The van der Waals surface area contributed by atoms with Crippen LogP contribution in [0.15, 0.2) is 42.5 Å². The summed E-state index contributed by atoms with van der Waals surface area (Å²) in [6.45, 7) is 1.84. The molecule has 0 aliphatic rings. The largest absolute Gasteiger partial charge is 0.504 e. The molecule has 25 heavy (non-hydrogen) atoms. The Labute approximate surface area is 148 Å². The SMILES string of the molecule is CCc1c(C(=O)O)c(-c2ccc(O)c(O)c2)nn1-c1cccc(Cl)c1. The van der Waals surface area contributed by atoms with E-state index in [2.05, 4.69) is 5.10 Å². The molecule has 1 heterocycles. The van der Waals surface area contributed by atoms with Gasteiger partial charge in [0, 0.05) is 10.6 Å². The van der Waals surface area contributed by atoms with Gasteiger partial charge in [-0.2, -0.15) is 5.10 Å². The van der Waals surface area contributed by atoms with Gasteiger partial charge in [0.15, 0.2) is 11.5 Å². The lowest BCUT2D eigenvalue weighted by Crippen LogP contribution is -2.05. The van der Waals surface area contributed by atoms with Gasteiger partial charge in [0.2, 0.25) is 0 Å². The molecule has 0 spiro atoms. The van der Waals surface area contributed by atoms with E-state index >= 15 is 0 Å². The highest BCUT2D eigenvalue weighted by Crippen LogP contribution is 2.34. The zero-order valence-corrected chi connectivity index (χ0v) is 14.0.